The van der Waals surface area contributed by atoms with Crippen LogP contribution in [0.5, 0.6) is 0 Å². The van der Waals surface area contributed by atoms with E-state index in [1.807, 2.05) is 0 Å². The molecule has 0 fully saturated rings. The summed E-state index contributed by atoms with van der Waals surface area (Å²) in [4.78, 5) is 76.2. The second-order valence-electron chi connectivity index (χ2n) is 14.0. The molecule has 0 saturated heterocycles. The first-order valence-corrected chi connectivity index (χ1v) is 20.2. The first-order chi connectivity index (χ1) is 26.5. The van der Waals surface area contributed by atoms with E-state index in [0.29, 0.717) is 0 Å². The molecule has 0 aromatic carbocycles. The van der Waals surface area contributed by atoms with Crippen LogP contribution >= 0.6 is 0 Å². The van der Waals surface area contributed by atoms with Gasteiger partial charge in [-0.1, -0.05) is 85.0 Å². The van der Waals surface area contributed by atoms with Crippen molar-refractivity contribution >= 4 is 35.9 Å². The average molecular weight is 783 g/mol. The zero-order valence-electron chi connectivity index (χ0n) is 33.8. The summed E-state index contributed by atoms with van der Waals surface area (Å²) in [6.07, 6.45) is 17.5. The Morgan fingerprint density at radius 2 is 1.07 bits per heavy atom. The van der Waals surface area contributed by atoms with Crippen molar-refractivity contribution in [3.8, 4) is 0 Å². The molecule has 0 aliphatic heterocycles. The number of hydrogen-bond donors (Lipinski definition) is 1. The van der Waals surface area contributed by atoms with E-state index in [0.717, 1.165) is 64.2 Å². The maximum absolute atomic E-state index is 13.3. The Balaban J connectivity index is 2.63. The van der Waals surface area contributed by atoms with Crippen LogP contribution in [0.15, 0.2) is 18.7 Å². The largest absolute Gasteiger partial charge is 0.465 e. The fraction of sp³-hybridized carbons (Fsp3) is 0.775. The third-order valence-corrected chi connectivity index (χ3v) is 8.88. The topological polar surface area (TPSA) is 181 Å². The zero-order valence-corrected chi connectivity index (χ0v) is 33.8. The number of esters is 5. The van der Waals surface area contributed by atoms with Gasteiger partial charge in [-0.15, -0.1) is 0 Å². The molecule has 0 saturated carbocycles. The highest BCUT2D eigenvalue weighted by atomic mass is 16.6. The average Bonchev–Trinajstić information content (AvgIpc) is 3.61. The standard InChI is InChI=1S/C40H68N3O12/c1-5-8-10-12-14-16-18-36(46)54-29-33(28-44)26-38(48)51-24-22-42(40(50)43-21-20-41(4)32-43)23-25-52-39(49)27-34(30-53-35(45)7-3)31-55-37(47)19-17-15-13-11-9-6-2/h20-21,32-34,44H,5-19,22-31H2,1-4H3/q+1. The minimum atomic E-state index is -0.629. The van der Waals surface area contributed by atoms with Gasteiger partial charge in [0.2, 0.25) is 0 Å². The Bertz CT molecular complexity index is 1250. The van der Waals surface area contributed by atoms with Crippen LogP contribution in [0, 0.1) is 11.8 Å². The quantitative estimate of drug-likeness (QED) is 0.0437. The van der Waals surface area contributed by atoms with Crippen LogP contribution in [-0.4, -0.2) is 103 Å². The summed E-state index contributed by atoms with van der Waals surface area (Å²) in [6, 6.07) is -0.445. The van der Waals surface area contributed by atoms with Crippen LogP contribution in [-0.2, 0) is 54.7 Å². The monoisotopic (exact) mass is 782 g/mol. The molecule has 0 aliphatic carbocycles. The summed E-state index contributed by atoms with van der Waals surface area (Å²) in [5.74, 6) is -3.68. The minimum absolute atomic E-state index is 0.0226. The summed E-state index contributed by atoms with van der Waals surface area (Å²) >= 11 is 0. The molecule has 0 radical (unpaired) electrons. The second-order valence-corrected chi connectivity index (χ2v) is 14.0. The maximum atomic E-state index is 13.3. The normalized spacial score (nSPS) is 12.0. The molecule has 1 aromatic rings. The van der Waals surface area contributed by atoms with Crippen LogP contribution in [0.1, 0.15) is 130 Å². The Hall–Kier alpha value is -4.01. The van der Waals surface area contributed by atoms with Gasteiger partial charge >= 0.3 is 35.9 Å². The molecule has 15 nitrogen and oxygen atoms in total. The molecule has 55 heavy (non-hydrogen) atoms. The number of hydrogen-bond acceptors (Lipinski definition) is 12. The van der Waals surface area contributed by atoms with Gasteiger partial charge in [-0.25, -0.2) is 9.36 Å². The lowest BCUT2D eigenvalue weighted by atomic mass is 10.1. The number of nitrogens with zero attached hydrogens (tertiary/aromatic N) is 3. The van der Waals surface area contributed by atoms with Crippen molar-refractivity contribution in [3.63, 3.8) is 0 Å². The Morgan fingerprint density at radius 1 is 0.618 bits per heavy atom. The smallest absolute Gasteiger partial charge is 0.416 e. The highest BCUT2D eigenvalue weighted by Gasteiger charge is 2.24. The van der Waals surface area contributed by atoms with Crippen molar-refractivity contribution in [1.82, 2.24) is 9.47 Å². The zero-order chi connectivity index (χ0) is 40.7. The summed E-state index contributed by atoms with van der Waals surface area (Å²) in [5, 5.41) is 9.73. The van der Waals surface area contributed by atoms with Gasteiger partial charge in [-0.05, 0) is 12.8 Å². The van der Waals surface area contributed by atoms with Crippen LogP contribution in [0.2, 0.25) is 0 Å². The van der Waals surface area contributed by atoms with Crippen molar-refractivity contribution in [2.24, 2.45) is 18.9 Å². The molecule has 15 heteroatoms. The van der Waals surface area contributed by atoms with Crippen molar-refractivity contribution in [3.05, 3.63) is 18.7 Å². The number of aliphatic hydroxyl groups is 1. The SMILES string of the molecule is CCCCCCCCC(=O)OCC(CO)CC(=O)OCCN(CCOC(=O)CC(COC(=O)CC)COC(=O)CCCCCCCC)C(=O)n1cc[n+](C)c1. The van der Waals surface area contributed by atoms with E-state index < -0.39 is 35.8 Å². The maximum Gasteiger partial charge on any atom is 0.416 e. The molecule has 314 valence electrons. The molecule has 1 heterocycles. The van der Waals surface area contributed by atoms with Gasteiger partial charge in [0.05, 0.1) is 52.8 Å². The van der Waals surface area contributed by atoms with Gasteiger partial charge in [0.15, 0.2) is 0 Å². The number of rotatable bonds is 32. The predicted octanol–water partition coefficient (Wildman–Crippen LogP) is 5.21. The molecular weight excluding hydrogens is 714 g/mol. The predicted molar refractivity (Wildman–Crippen MR) is 202 cm³/mol. The minimum Gasteiger partial charge on any atom is -0.465 e. The second kappa shape index (κ2) is 31.2. The molecule has 2 unspecified atom stereocenters. The molecule has 2 atom stereocenters. The van der Waals surface area contributed by atoms with Crippen molar-refractivity contribution < 1.29 is 62.1 Å². The Labute approximate surface area is 327 Å². The van der Waals surface area contributed by atoms with Crippen LogP contribution in [0.3, 0.4) is 0 Å². The first kappa shape index (κ1) is 49.0. The lowest BCUT2D eigenvalue weighted by Crippen LogP contribution is -2.40. The van der Waals surface area contributed by atoms with E-state index in [2.05, 4.69) is 13.8 Å². The molecular formula is C40H68N3O12+. The number of amides is 1. The summed E-state index contributed by atoms with van der Waals surface area (Å²) in [6.45, 7) is 4.83. The van der Waals surface area contributed by atoms with Gasteiger partial charge in [0, 0.05) is 37.7 Å². The van der Waals surface area contributed by atoms with Gasteiger partial charge in [0.1, 0.15) is 25.6 Å². The molecule has 1 amide bonds. The van der Waals surface area contributed by atoms with Gasteiger partial charge in [0.25, 0.3) is 6.33 Å². The molecule has 1 N–H and O–H groups in total. The summed E-state index contributed by atoms with van der Waals surface area (Å²) in [7, 11) is 1.75. The fourth-order valence-electron chi connectivity index (χ4n) is 5.48. The number of aromatic nitrogens is 2. The number of imidazole rings is 1. The molecule has 1 rings (SSSR count). The van der Waals surface area contributed by atoms with E-state index in [1.165, 1.54) is 22.3 Å². The van der Waals surface area contributed by atoms with Gasteiger partial charge in [-0.3, -0.25) is 28.9 Å². The summed E-state index contributed by atoms with van der Waals surface area (Å²) in [5.41, 5.74) is 0. The third kappa shape index (κ3) is 24.9. The van der Waals surface area contributed by atoms with E-state index in [4.69, 9.17) is 23.7 Å². The lowest BCUT2D eigenvalue weighted by Gasteiger charge is -2.21. The number of carbonyl (C=O) groups is 6. The Morgan fingerprint density at radius 3 is 1.53 bits per heavy atom. The first-order valence-electron chi connectivity index (χ1n) is 20.2. The van der Waals surface area contributed by atoms with Crippen molar-refractivity contribution in [1.29, 1.82) is 0 Å². The number of aliphatic hydroxyl groups excluding tert-OH is 1. The molecule has 1 aromatic heterocycles. The van der Waals surface area contributed by atoms with E-state index in [-0.39, 0.29) is 96.8 Å². The number of carbonyl (C=O) groups excluding carboxylic acids is 6. The van der Waals surface area contributed by atoms with Crippen LogP contribution in [0.4, 0.5) is 4.79 Å². The van der Waals surface area contributed by atoms with E-state index >= 15 is 0 Å². The highest BCUT2D eigenvalue weighted by molar-refractivity contribution is 5.77. The third-order valence-electron chi connectivity index (χ3n) is 8.88. The highest BCUT2D eigenvalue weighted by Crippen LogP contribution is 2.13. The van der Waals surface area contributed by atoms with Crippen molar-refractivity contribution in [2.45, 2.75) is 130 Å². The van der Waals surface area contributed by atoms with E-state index in [9.17, 15) is 33.9 Å². The number of aryl methyl sites for hydroxylation is 1. The van der Waals surface area contributed by atoms with Crippen molar-refractivity contribution in [2.75, 3.05) is 52.7 Å². The van der Waals surface area contributed by atoms with Gasteiger partial charge in [-0.2, -0.15) is 4.57 Å². The fourth-order valence-corrected chi connectivity index (χ4v) is 5.48. The van der Waals surface area contributed by atoms with Crippen LogP contribution in [0.25, 0.3) is 0 Å². The number of unbranched alkanes of at least 4 members (excludes halogenated alkanes) is 10. The molecule has 0 spiro atoms. The number of ether oxygens (including phenoxy) is 5. The van der Waals surface area contributed by atoms with Gasteiger partial charge < -0.3 is 28.8 Å². The summed E-state index contributed by atoms with van der Waals surface area (Å²) < 4.78 is 29.7. The van der Waals surface area contributed by atoms with Crippen LogP contribution < -0.4 is 4.57 Å². The molecule has 0 aliphatic rings. The van der Waals surface area contributed by atoms with E-state index in [1.54, 1.807) is 37.3 Å². The lowest BCUT2D eigenvalue weighted by molar-refractivity contribution is -0.670. The Kier molecular flexibility index (Phi) is 27.8. The molecule has 0 bridgehead atoms.